The van der Waals surface area contributed by atoms with Crippen LogP contribution in [-0.2, 0) is 23.2 Å². The molecule has 0 saturated carbocycles. The van der Waals surface area contributed by atoms with Crippen molar-refractivity contribution in [1.82, 2.24) is 34.1 Å². The SMILES string of the molecule is CCC(CC[NH+](C)C)C(=O)N1CCN(C(=O)c2ccc(NC(=O)c3ncc(-c4ccc(-c5cn(CC(=O)Nc6ccc(OC)cn6)nc5C)c(F)c4F)n3C)cc2Cl)CC1. The summed E-state index contributed by atoms with van der Waals surface area (Å²) in [4.78, 5) is 65.7. The van der Waals surface area contributed by atoms with Gasteiger partial charge in [0.2, 0.25) is 11.8 Å². The highest BCUT2D eigenvalue weighted by atomic mass is 35.5. The van der Waals surface area contributed by atoms with E-state index in [0.717, 1.165) is 19.4 Å². The van der Waals surface area contributed by atoms with Crippen LogP contribution in [0.3, 0.4) is 0 Å². The molecule has 1 fully saturated rings. The number of quaternary nitrogens is 1. The van der Waals surface area contributed by atoms with E-state index in [1.807, 2.05) is 11.8 Å². The number of anilines is 2. The maximum Gasteiger partial charge on any atom is 0.291 e. The maximum absolute atomic E-state index is 15.8. The van der Waals surface area contributed by atoms with Gasteiger partial charge in [-0.3, -0.25) is 23.9 Å². The minimum atomic E-state index is -1.16. The molecular weight excluding hydrogens is 798 g/mol. The first-order valence-electron chi connectivity index (χ1n) is 19.5. The third-order valence-electron chi connectivity index (χ3n) is 10.5. The van der Waals surface area contributed by atoms with Crippen LogP contribution < -0.4 is 20.3 Å². The van der Waals surface area contributed by atoms with Crippen LogP contribution in [0, 0.1) is 24.5 Å². The molecule has 60 heavy (non-hydrogen) atoms. The van der Waals surface area contributed by atoms with E-state index in [9.17, 15) is 19.2 Å². The molecule has 0 bridgehead atoms. The van der Waals surface area contributed by atoms with Crippen molar-refractivity contribution in [2.75, 3.05) is 64.6 Å². The Morgan fingerprint density at radius 3 is 2.27 bits per heavy atom. The van der Waals surface area contributed by atoms with E-state index < -0.39 is 23.4 Å². The van der Waals surface area contributed by atoms with Crippen LogP contribution in [0.15, 0.2) is 61.1 Å². The largest absolute Gasteiger partial charge is 0.495 e. The number of ether oxygens (including phenoxy) is 1. The second-order valence-corrected chi connectivity index (χ2v) is 15.3. The van der Waals surface area contributed by atoms with Crippen LogP contribution in [0.2, 0.25) is 5.02 Å². The number of pyridine rings is 1. The van der Waals surface area contributed by atoms with Crippen molar-refractivity contribution < 1.29 is 37.6 Å². The molecule has 6 rings (SSSR count). The van der Waals surface area contributed by atoms with E-state index in [2.05, 4.69) is 39.8 Å². The summed E-state index contributed by atoms with van der Waals surface area (Å²) in [5, 5.41) is 9.79. The Morgan fingerprint density at radius 2 is 1.62 bits per heavy atom. The summed E-state index contributed by atoms with van der Waals surface area (Å²) in [6, 6.07) is 10.5. The van der Waals surface area contributed by atoms with Crippen molar-refractivity contribution in [1.29, 1.82) is 0 Å². The predicted molar refractivity (Wildman–Crippen MR) is 222 cm³/mol. The fraction of sp³-hybridized carbons (Fsp3) is 0.357. The average Bonchev–Trinajstić information content (AvgIpc) is 3.79. The summed E-state index contributed by atoms with van der Waals surface area (Å²) in [5.74, 6) is -2.83. The average molecular weight is 846 g/mol. The molecule has 4 amide bonds. The first kappa shape index (κ1) is 43.4. The quantitative estimate of drug-likeness (QED) is 0.149. The lowest BCUT2D eigenvalue weighted by atomic mass is 10.00. The van der Waals surface area contributed by atoms with Crippen LogP contribution in [0.4, 0.5) is 20.3 Å². The Kier molecular flexibility index (Phi) is 13.6. The molecule has 0 radical (unpaired) electrons. The van der Waals surface area contributed by atoms with Crippen LogP contribution in [-0.4, -0.2) is 112 Å². The minimum Gasteiger partial charge on any atom is -0.495 e. The number of carbonyl (C=O) groups excluding carboxylic acids is 4. The molecule has 2 aromatic carbocycles. The predicted octanol–water partition coefficient (Wildman–Crippen LogP) is 4.33. The second kappa shape index (κ2) is 18.8. The highest BCUT2D eigenvalue weighted by Crippen LogP contribution is 2.33. The zero-order valence-electron chi connectivity index (χ0n) is 34.3. The molecule has 3 N–H and O–H groups in total. The summed E-state index contributed by atoms with van der Waals surface area (Å²) in [7, 11) is 7.13. The number of methoxy groups -OCH3 is 1. The Labute approximate surface area is 351 Å². The minimum absolute atomic E-state index is 0.0415. The van der Waals surface area contributed by atoms with Crippen molar-refractivity contribution in [3.05, 3.63) is 94.8 Å². The number of carbonyl (C=O) groups is 4. The summed E-state index contributed by atoms with van der Waals surface area (Å²) in [6.45, 7) is 5.97. The van der Waals surface area contributed by atoms with Gasteiger partial charge in [0, 0.05) is 74.1 Å². The molecule has 18 heteroatoms. The van der Waals surface area contributed by atoms with Crippen LogP contribution >= 0.6 is 11.6 Å². The molecule has 3 aromatic heterocycles. The van der Waals surface area contributed by atoms with Gasteiger partial charge >= 0.3 is 0 Å². The van der Waals surface area contributed by atoms with Crippen LogP contribution in [0.5, 0.6) is 5.75 Å². The van der Waals surface area contributed by atoms with Crippen molar-refractivity contribution in [3.63, 3.8) is 0 Å². The number of halogens is 3. The number of benzene rings is 2. The van der Waals surface area contributed by atoms with Crippen molar-refractivity contribution in [2.24, 2.45) is 13.0 Å². The Hall–Kier alpha value is -6.20. The third-order valence-corrected chi connectivity index (χ3v) is 10.8. The molecular formula is C42H48ClF2N10O5+. The summed E-state index contributed by atoms with van der Waals surface area (Å²) in [6.07, 6.45) is 5.76. The normalized spacial score (nSPS) is 13.4. The number of amides is 4. The number of imidazole rings is 1. The number of hydrogen-bond donors (Lipinski definition) is 3. The zero-order valence-corrected chi connectivity index (χ0v) is 35.1. The molecule has 0 aliphatic carbocycles. The molecule has 4 heterocycles. The molecule has 5 aromatic rings. The number of aryl methyl sites for hydroxylation is 1. The standard InChI is InChI=1S/C42H47ClF2N10O5/c1-7-26(14-15-51(3)4)41(58)53-16-18-54(19-17-53)42(59)30-10-8-27(20-33(30)43)48-40(57)39-47-22-34(52(39)5)31-12-11-29(37(44)38(31)45)32-23-55(50-25(32)2)24-36(56)49-35-13-9-28(60-6)21-46-35/h8-13,20-23,26H,7,14-19,24H2,1-6H3,(H,48,57)(H,46,49,56)/p+1. The van der Waals surface area contributed by atoms with Gasteiger partial charge in [0.25, 0.3) is 11.8 Å². The molecule has 1 saturated heterocycles. The maximum atomic E-state index is 15.8. The number of nitrogens with zero attached hydrogens (tertiary/aromatic N) is 7. The van der Waals surface area contributed by atoms with Crippen molar-refractivity contribution in [2.45, 2.75) is 33.2 Å². The van der Waals surface area contributed by atoms with E-state index in [4.69, 9.17) is 16.3 Å². The molecule has 1 atom stereocenters. The smallest absolute Gasteiger partial charge is 0.291 e. The number of piperazine rings is 1. The summed E-state index contributed by atoms with van der Waals surface area (Å²) < 4.78 is 39.2. The van der Waals surface area contributed by atoms with Crippen molar-refractivity contribution >= 4 is 46.7 Å². The number of hydrogen-bond acceptors (Lipinski definition) is 8. The van der Waals surface area contributed by atoms with Gasteiger partial charge in [-0.25, -0.2) is 18.7 Å². The van der Waals surface area contributed by atoms with Gasteiger partial charge in [0.15, 0.2) is 17.5 Å². The van der Waals surface area contributed by atoms with Gasteiger partial charge in [-0.2, -0.15) is 5.10 Å². The lowest BCUT2D eigenvalue weighted by Gasteiger charge is -2.36. The van der Waals surface area contributed by atoms with E-state index in [-0.39, 0.29) is 63.1 Å². The van der Waals surface area contributed by atoms with Gasteiger partial charge in [0.1, 0.15) is 18.1 Å². The first-order valence-corrected chi connectivity index (χ1v) is 19.9. The van der Waals surface area contributed by atoms with Gasteiger partial charge in [-0.05, 0) is 49.7 Å². The number of rotatable bonds is 14. The second-order valence-electron chi connectivity index (χ2n) is 14.9. The summed E-state index contributed by atoms with van der Waals surface area (Å²) >= 11 is 6.56. The third kappa shape index (κ3) is 9.63. The van der Waals surface area contributed by atoms with Crippen LogP contribution in [0.1, 0.15) is 46.4 Å². The molecule has 1 aliphatic heterocycles. The topological polar surface area (TPSA) is 161 Å². The van der Waals surface area contributed by atoms with Gasteiger partial charge in [0.05, 0.1) is 62.1 Å². The van der Waals surface area contributed by atoms with Gasteiger partial charge < -0.3 is 34.6 Å². The Bertz CT molecular complexity index is 2390. The molecule has 15 nitrogen and oxygen atoms in total. The molecule has 1 unspecified atom stereocenters. The molecule has 1 aliphatic rings. The summed E-state index contributed by atoms with van der Waals surface area (Å²) in [5.41, 5.74) is 1.15. The Morgan fingerprint density at radius 1 is 0.917 bits per heavy atom. The monoisotopic (exact) mass is 845 g/mol. The van der Waals surface area contributed by atoms with Crippen molar-refractivity contribution in [3.8, 4) is 28.1 Å². The van der Waals surface area contributed by atoms with E-state index in [0.29, 0.717) is 49.1 Å². The Balaban J connectivity index is 1.08. The number of nitrogens with one attached hydrogen (secondary N) is 3. The van der Waals surface area contributed by atoms with Gasteiger partial charge in [-0.15, -0.1) is 0 Å². The number of aromatic nitrogens is 5. The highest BCUT2D eigenvalue weighted by molar-refractivity contribution is 6.34. The first-order chi connectivity index (χ1) is 28.7. The van der Waals surface area contributed by atoms with E-state index in [1.165, 1.54) is 71.2 Å². The fourth-order valence-electron chi connectivity index (χ4n) is 7.07. The lowest BCUT2D eigenvalue weighted by Crippen LogP contribution is -3.05. The fourth-order valence-corrected chi connectivity index (χ4v) is 7.33. The van der Waals surface area contributed by atoms with Gasteiger partial charge in [-0.1, -0.05) is 24.6 Å². The molecule has 0 spiro atoms. The lowest BCUT2D eigenvalue weighted by molar-refractivity contribution is -0.858. The zero-order chi connectivity index (χ0) is 43.2. The van der Waals surface area contributed by atoms with E-state index in [1.54, 1.807) is 30.0 Å². The highest BCUT2D eigenvalue weighted by Gasteiger charge is 2.30. The van der Waals surface area contributed by atoms with E-state index >= 15 is 8.78 Å². The van der Waals surface area contributed by atoms with Crippen LogP contribution in [0.25, 0.3) is 22.4 Å². The molecule has 316 valence electrons.